The molecule has 0 radical (unpaired) electrons. The minimum Gasteiger partial charge on any atom is -0.507 e. The number of rotatable bonds is 3. The fraction of sp³-hybridized carbons (Fsp3) is 0.263. The lowest BCUT2D eigenvalue weighted by atomic mass is 9.80. The topological polar surface area (TPSA) is 71.7 Å². The quantitative estimate of drug-likeness (QED) is 0.593. The fourth-order valence-electron chi connectivity index (χ4n) is 2.87. The van der Waals surface area contributed by atoms with E-state index in [2.05, 4.69) is 24.3 Å². The number of guanidine groups is 1. The molecule has 24 heavy (non-hydrogen) atoms. The Labute approximate surface area is 142 Å². The molecule has 0 aromatic heterocycles. The Balaban J connectivity index is 1.89. The molecule has 5 heteroatoms. The van der Waals surface area contributed by atoms with E-state index < -0.39 is 0 Å². The number of nitrogens with one attached hydrogen (secondary N) is 2. The summed E-state index contributed by atoms with van der Waals surface area (Å²) in [5.74, 6) is 0.451. The van der Waals surface area contributed by atoms with Gasteiger partial charge in [0, 0.05) is 16.7 Å². The molecule has 3 rings (SSSR count). The number of hydrazone groups is 1. The van der Waals surface area contributed by atoms with Gasteiger partial charge in [0.2, 0.25) is 5.96 Å². The Hall–Kier alpha value is -2.82. The number of phenolic OH excluding ortho intramolecular Hbond substituents is 1. The van der Waals surface area contributed by atoms with Gasteiger partial charge in [-0.3, -0.25) is 5.41 Å². The van der Waals surface area contributed by atoms with E-state index in [1.165, 1.54) is 0 Å². The second kappa shape index (κ2) is 6.35. The Morgan fingerprint density at radius 1 is 1.21 bits per heavy atom. The number of phenols is 1. The normalized spacial score (nSPS) is 19.9. The minimum absolute atomic E-state index is 0.219. The third-order valence-electron chi connectivity index (χ3n) is 4.53. The van der Waals surface area contributed by atoms with E-state index in [1.807, 2.05) is 42.5 Å². The zero-order chi connectivity index (χ0) is 17.2. The summed E-state index contributed by atoms with van der Waals surface area (Å²) in [5, 5.41) is 27.9. The van der Waals surface area contributed by atoms with E-state index in [0.717, 1.165) is 23.4 Å². The number of para-hydroxylation sites is 2. The highest BCUT2D eigenvalue weighted by atomic mass is 16.3. The first-order chi connectivity index (χ1) is 11.5. The molecule has 5 nitrogen and oxygen atoms in total. The van der Waals surface area contributed by atoms with Crippen molar-refractivity contribution in [3.8, 4) is 5.75 Å². The summed E-state index contributed by atoms with van der Waals surface area (Å²) in [6, 6.07) is 16.9. The van der Waals surface area contributed by atoms with Gasteiger partial charge in [-0.25, -0.2) is 5.01 Å². The predicted octanol–water partition coefficient (Wildman–Crippen LogP) is 3.88. The molecule has 1 aliphatic heterocycles. The lowest BCUT2D eigenvalue weighted by Crippen LogP contribution is -2.35. The van der Waals surface area contributed by atoms with Gasteiger partial charge < -0.3 is 10.4 Å². The van der Waals surface area contributed by atoms with Crippen LogP contribution in [0.5, 0.6) is 5.75 Å². The number of nitrogens with zero attached hydrogens (tertiary/aromatic N) is 2. The summed E-state index contributed by atoms with van der Waals surface area (Å²) >= 11 is 0. The first-order valence-electron chi connectivity index (χ1n) is 8.09. The second-order valence-corrected chi connectivity index (χ2v) is 6.28. The molecular formula is C19H22N4O. The monoisotopic (exact) mass is 322 g/mol. The van der Waals surface area contributed by atoms with Gasteiger partial charge >= 0.3 is 0 Å². The van der Waals surface area contributed by atoms with Gasteiger partial charge in [0.05, 0.1) is 12.3 Å². The molecule has 0 bridgehead atoms. The summed E-state index contributed by atoms with van der Waals surface area (Å²) in [6.45, 7) is 4.83. The van der Waals surface area contributed by atoms with Crippen molar-refractivity contribution >= 4 is 17.4 Å². The third kappa shape index (κ3) is 2.97. The van der Waals surface area contributed by atoms with Crippen LogP contribution in [0.2, 0.25) is 0 Å². The van der Waals surface area contributed by atoms with Gasteiger partial charge in [0.25, 0.3) is 0 Å². The summed E-state index contributed by atoms with van der Waals surface area (Å²) in [6.07, 6.45) is 0.870. The zero-order valence-electron chi connectivity index (χ0n) is 14.0. The smallest absolute Gasteiger partial charge is 0.216 e. The van der Waals surface area contributed by atoms with Crippen LogP contribution in [-0.4, -0.2) is 28.3 Å². The van der Waals surface area contributed by atoms with Crippen LogP contribution in [-0.2, 0) is 0 Å². The maximum Gasteiger partial charge on any atom is 0.216 e. The average Bonchev–Trinajstić information content (AvgIpc) is 2.95. The van der Waals surface area contributed by atoms with Crippen molar-refractivity contribution in [3.63, 3.8) is 0 Å². The van der Waals surface area contributed by atoms with Gasteiger partial charge in [-0.2, -0.15) is 5.10 Å². The highest BCUT2D eigenvalue weighted by molar-refractivity contribution is 6.09. The number of anilines is 1. The molecule has 1 atom stereocenters. The molecule has 3 N–H and O–H groups in total. The van der Waals surface area contributed by atoms with Gasteiger partial charge in [-0.05, 0) is 30.7 Å². The molecule has 1 unspecified atom stereocenters. The largest absolute Gasteiger partial charge is 0.507 e. The SMILES string of the molecule is CCC1(C)CN(C(=N)Nc2ccccc2)N=C1c1ccccc1O. The van der Waals surface area contributed by atoms with E-state index in [1.54, 1.807) is 17.1 Å². The molecule has 0 spiro atoms. The molecule has 0 fully saturated rings. The molecule has 0 aliphatic carbocycles. The first-order valence-corrected chi connectivity index (χ1v) is 8.09. The molecule has 0 amide bonds. The second-order valence-electron chi connectivity index (χ2n) is 6.28. The molecule has 1 heterocycles. The van der Waals surface area contributed by atoms with Crippen LogP contribution in [0.4, 0.5) is 5.69 Å². The molecule has 0 saturated heterocycles. The van der Waals surface area contributed by atoms with E-state index in [-0.39, 0.29) is 17.1 Å². The molecule has 0 saturated carbocycles. The first kappa shape index (κ1) is 16.1. The summed E-state index contributed by atoms with van der Waals surface area (Å²) < 4.78 is 0. The molecule has 2 aromatic carbocycles. The Morgan fingerprint density at radius 3 is 2.54 bits per heavy atom. The maximum absolute atomic E-state index is 10.2. The minimum atomic E-state index is -0.219. The summed E-state index contributed by atoms with van der Waals surface area (Å²) in [4.78, 5) is 0. The van der Waals surface area contributed by atoms with Crippen molar-refractivity contribution in [1.29, 1.82) is 5.41 Å². The third-order valence-corrected chi connectivity index (χ3v) is 4.53. The van der Waals surface area contributed by atoms with Crippen LogP contribution >= 0.6 is 0 Å². The van der Waals surface area contributed by atoms with Crippen LogP contribution < -0.4 is 5.32 Å². The Bertz CT molecular complexity index is 772. The van der Waals surface area contributed by atoms with Crippen molar-refractivity contribution in [2.75, 3.05) is 11.9 Å². The van der Waals surface area contributed by atoms with Crippen LogP contribution in [0.25, 0.3) is 0 Å². The number of hydrogen-bond donors (Lipinski definition) is 3. The zero-order valence-corrected chi connectivity index (χ0v) is 14.0. The maximum atomic E-state index is 10.2. The van der Waals surface area contributed by atoms with Crippen LogP contribution in [0.3, 0.4) is 0 Å². The Morgan fingerprint density at radius 2 is 1.88 bits per heavy atom. The fourth-order valence-corrected chi connectivity index (χ4v) is 2.87. The molecule has 124 valence electrons. The van der Waals surface area contributed by atoms with Gasteiger partial charge in [0.15, 0.2) is 0 Å². The van der Waals surface area contributed by atoms with Crippen LogP contribution in [0, 0.1) is 10.8 Å². The van der Waals surface area contributed by atoms with Crippen LogP contribution in [0.1, 0.15) is 25.8 Å². The van der Waals surface area contributed by atoms with Crippen molar-refractivity contribution in [2.24, 2.45) is 10.5 Å². The highest BCUT2D eigenvalue weighted by Crippen LogP contribution is 2.36. The van der Waals surface area contributed by atoms with Crippen molar-refractivity contribution in [1.82, 2.24) is 5.01 Å². The number of benzene rings is 2. The predicted molar refractivity (Wildman–Crippen MR) is 97.5 cm³/mol. The van der Waals surface area contributed by atoms with Gasteiger partial charge in [0.1, 0.15) is 5.75 Å². The average molecular weight is 322 g/mol. The van der Waals surface area contributed by atoms with E-state index in [0.29, 0.717) is 6.54 Å². The summed E-state index contributed by atoms with van der Waals surface area (Å²) in [5.41, 5.74) is 2.19. The van der Waals surface area contributed by atoms with E-state index >= 15 is 0 Å². The standard InChI is InChI=1S/C19H22N4O/c1-3-19(2)13-23(18(20)21-14-9-5-4-6-10-14)22-17(19)15-11-7-8-12-16(15)24/h4-12,24H,3,13H2,1-2H3,(H2,20,21). The lowest BCUT2D eigenvalue weighted by Gasteiger charge is -2.25. The van der Waals surface area contributed by atoms with Gasteiger partial charge in [-0.1, -0.05) is 44.2 Å². The molecule has 2 aromatic rings. The molecule has 1 aliphatic rings. The highest BCUT2D eigenvalue weighted by Gasteiger charge is 2.40. The van der Waals surface area contributed by atoms with Crippen LogP contribution in [0.15, 0.2) is 59.7 Å². The molecular weight excluding hydrogens is 300 g/mol. The number of hydrogen-bond acceptors (Lipinski definition) is 3. The van der Waals surface area contributed by atoms with Crippen molar-refractivity contribution in [3.05, 3.63) is 60.2 Å². The Kier molecular flexibility index (Phi) is 4.25. The van der Waals surface area contributed by atoms with Crippen molar-refractivity contribution in [2.45, 2.75) is 20.3 Å². The van der Waals surface area contributed by atoms with E-state index in [9.17, 15) is 5.11 Å². The summed E-state index contributed by atoms with van der Waals surface area (Å²) in [7, 11) is 0. The van der Waals surface area contributed by atoms with Crippen molar-refractivity contribution < 1.29 is 5.11 Å². The van der Waals surface area contributed by atoms with E-state index in [4.69, 9.17) is 5.41 Å². The number of aromatic hydroxyl groups is 1. The van der Waals surface area contributed by atoms with Gasteiger partial charge in [-0.15, -0.1) is 0 Å². The lowest BCUT2D eigenvalue weighted by molar-refractivity contribution is 0.351.